The Bertz CT molecular complexity index is 322. The minimum absolute atomic E-state index is 0.0405. The number of rotatable bonds is 5. The molecule has 1 nitrogen and oxygen atoms in total. The van der Waals surface area contributed by atoms with E-state index in [0.29, 0.717) is 6.54 Å². The van der Waals surface area contributed by atoms with Crippen LogP contribution in [0.3, 0.4) is 0 Å². The highest BCUT2D eigenvalue weighted by Gasteiger charge is 2.25. The lowest BCUT2D eigenvalue weighted by Crippen LogP contribution is -2.17. The molecular formula is C11H13F4N. The summed E-state index contributed by atoms with van der Waals surface area (Å²) >= 11 is 0. The summed E-state index contributed by atoms with van der Waals surface area (Å²) in [5, 5.41) is 2.83. The molecule has 0 bridgehead atoms. The van der Waals surface area contributed by atoms with Crippen LogP contribution < -0.4 is 5.32 Å². The number of hydrogen-bond acceptors (Lipinski definition) is 1. The van der Waals surface area contributed by atoms with E-state index in [2.05, 4.69) is 5.32 Å². The van der Waals surface area contributed by atoms with Crippen LogP contribution in [0.4, 0.5) is 17.6 Å². The van der Waals surface area contributed by atoms with Crippen molar-refractivity contribution in [1.29, 1.82) is 0 Å². The first kappa shape index (κ1) is 13.0. The molecule has 0 saturated carbocycles. The highest BCUT2D eigenvalue weighted by atomic mass is 19.4. The Balaban J connectivity index is 2.17. The molecular weight excluding hydrogens is 222 g/mol. The molecule has 0 fully saturated rings. The molecule has 0 saturated heterocycles. The topological polar surface area (TPSA) is 12.0 Å². The molecule has 1 N–H and O–H groups in total. The van der Waals surface area contributed by atoms with Crippen molar-refractivity contribution in [2.75, 3.05) is 6.54 Å². The molecule has 5 heteroatoms. The molecule has 0 atom stereocenters. The van der Waals surface area contributed by atoms with Crippen molar-refractivity contribution in [2.45, 2.75) is 25.6 Å². The quantitative estimate of drug-likeness (QED) is 0.610. The zero-order valence-corrected chi connectivity index (χ0v) is 8.65. The molecule has 90 valence electrons. The maximum Gasteiger partial charge on any atom is 0.389 e. The second-order valence-electron chi connectivity index (χ2n) is 3.53. The van der Waals surface area contributed by atoms with Gasteiger partial charge < -0.3 is 5.32 Å². The Morgan fingerprint density at radius 1 is 1.19 bits per heavy atom. The van der Waals surface area contributed by atoms with Gasteiger partial charge in [0.2, 0.25) is 0 Å². The molecule has 0 aliphatic carbocycles. The first-order valence-electron chi connectivity index (χ1n) is 4.99. The Kier molecular flexibility index (Phi) is 4.73. The second kappa shape index (κ2) is 5.84. The molecule has 1 aromatic rings. The average Bonchev–Trinajstić information content (AvgIpc) is 2.15. The van der Waals surface area contributed by atoms with Gasteiger partial charge in [-0.05, 0) is 30.7 Å². The van der Waals surface area contributed by atoms with Crippen molar-refractivity contribution in [3.05, 3.63) is 35.6 Å². The van der Waals surface area contributed by atoms with Gasteiger partial charge in [-0.2, -0.15) is 13.2 Å². The van der Waals surface area contributed by atoms with Gasteiger partial charge in [-0.1, -0.05) is 12.1 Å². The number of hydrogen-bond donors (Lipinski definition) is 1. The lowest BCUT2D eigenvalue weighted by molar-refractivity contribution is -0.135. The molecule has 0 unspecified atom stereocenters. The average molecular weight is 235 g/mol. The molecule has 0 aliphatic heterocycles. The van der Waals surface area contributed by atoms with E-state index in [1.807, 2.05) is 0 Å². The third kappa shape index (κ3) is 5.70. The number of benzene rings is 1. The first-order chi connectivity index (χ1) is 7.47. The summed E-state index contributed by atoms with van der Waals surface area (Å²) < 4.78 is 48.1. The maximum absolute atomic E-state index is 12.7. The van der Waals surface area contributed by atoms with Gasteiger partial charge in [-0.15, -0.1) is 0 Å². The van der Waals surface area contributed by atoms with Crippen molar-refractivity contribution >= 4 is 0 Å². The van der Waals surface area contributed by atoms with Gasteiger partial charge in [0.25, 0.3) is 0 Å². The summed E-state index contributed by atoms with van der Waals surface area (Å²) in [6.45, 7) is 0.658. The monoisotopic (exact) mass is 235 g/mol. The van der Waals surface area contributed by atoms with Crippen LogP contribution in [-0.4, -0.2) is 12.7 Å². The predicted octanol–water partition coefficient (Wildman–Crippen LogP) is 3.26. The van der Waals surface area contributed by atoms with Crippen LogP contribution in [0.1, 0.15) is 18.4 Å². The minimum atomic E-state index is -4.10. The van der Waals surface area contributed by atoms with Gasteiger partial charge in [-0.25, -0.2) is 4.39 Å². The molecule has 0 radical (unpaired) electrons. The van der Waals surface area contributed by atoms with Crippen molar-refractivity contribution < 1.29 is 17.6 Å². The van der Waals surface area contributed by atoms with E-state index in [1.54, 1.807) is 12.1 Å². The van der Waals surface area contributed by atoms with Gasteiger partial charge in [0, 0.05) is 13.0 Å². The van der Waals surface area contributed by atoms with Crippen LogP contribution >= 0.6 is 0 Å². The zero-order chi connectivity index (χ0) is 12.0. The van der Waals surface area contributed by atoms with Crippen LogP contribution in [0.25, 0.3) is 0 Å². The van der Waals surface area contributed by atoms with Gasteiger partial charge in [0.1, 0.15) is 5.82 Å². The fraction of sp³-hybridized carbons (Fsp3) is 0.455. The fourth-order valence-electron chi connectivity index (χ4n) is 1.29. The summed E-state index contributed by atoms with van der Waals surface area (Å²) in [7, 11) is 0. The van der Waals surface area contributed by atoms with Crippen LogP contribution in [0.5, 0.6) is 0 Å². The van der Waals surface area contributed by atoms with E-state index >= 15 is 0 Å². The Hall–Kier alpha value is -1.10. The second-order valence-corrected chi connectivity index (χ2v) is 3.53. The van der Waals surface area contributed by atoms with E-state index in [9.17, 15) is 17.6 Å². The third-order valence-corrected chi connectivity index (χ3v) is 2.03. The highest BCUT2D eigenvalue weighted by Crippen LogP contribution is 2.20. The maximum atomic E-state index is 12.7. The molecule has 0 heterocycles. The lowest BCUT2D eigenvalue weighted by atomic mass is 10.2. The number of nitrogens with one attached hydrogen (secondary N) is 1. The first-order valence-corrected chi connectivity index (χ1v) is 4.99. The number of halogens is 4. The van der Waals surface area contributed by atoms with Crippen LogP contribution in [0.15, 0.2) is 24.3 Å². The predicted molar refractivity (Wildman–Crippen MR) is 53.4 cm³/mol. The van der Waals surface area contributed by atoms with Gasteiger partial charge in [-0.3, -0.25) is 0 Å². The van der Waals surface area contributed by atoms with E-state index in [-0.39, 0.29) is 18.8 Å². The van der Waals surface area contributed by atoms with Crippen molar-refractivity contribution in [1.82, 2.24) is 5.32 Å². The molecule has 0 amide bonds. The summed E-state index contributed by atoms with van der Waals surface area (Å²) in [4.78, 5) is 0. The molecule has 0 aromatic heterocycles. The standard InChI is InChI=1S/C11H13F4N/c12-10-4-1-3-9(7-10)8-16-6-2-5-11(13,14)15/h1,3-4,7,16H,2,5-6,8H2. The minimum Gasteiger partial charge on any atom is -0.313 e. The molecule has 0 spiro atoms. The Morgan fingerprint density at radius 3 is 2.56 bits per heavy atom. The fourth-order valence-corrected chi connectivity index (χ4v) is 1.29. The van der Waals surface area contributed by atoms with E-state index in [4.69, 9.17) is 0 Å². The summed E-state index contributed by atoms with van der Waals surface area (Å²) in [6.07, 6.45) is -4.84. The van der Waals surface area contributed by atoms with E-state index in [0.717, 1.165) is 5.56 Å². The van der Waals surface area contributed by atoms with E-state index < -0.39 is 12.6 Å². The third-order valence-electron chi connectivity index (χ3n) is 2.03. The van der Waals surface area contributed by atoms with Crippen molar-refractivity contribution in [2.24, 2.45) is 0 Å². The lowest BCUT2D eigenvalue weighted by Gasteiger charge is -2.07. The molecule has 16 heavy (non-hydrogen) atoms. The van der Waals surface area contributed by atoms with Crippen LogP contribution in [0.2, 0.25) is 0 Å². The highest BCUT2D eigenvalue weighted by molar-refractivity contribution is 5.15. The van der Waals surface area contributed by atoms with Gasteiger partial charge in [0.05, 0.1) is 0 Å². The van der Waals surface area contributed by atoms with Gasteiger partial charge in [0.15, 0.2) is 0 Å². The van der Waals surface area contributed by atoms with E-state index in [1.165, 1.54) is 12.1 Å². The summed E-state index contributed by atoms with van der Waals surface area (Å²) in [5.74, 6) is -0.338. The van der Waals surface area contributed by atoms with Crippen LogP contribution in [-0.2, 0) is 6.54 Å². The summed E-state index contributed by atoms with van der Waals surface area (Å²) in [6, 6.07) is 5.98. The zero-order valence-electron chi connectivity index (χ0n) is 8.65. The molecule has 1 aromatic carbocycles. The summed E-state index contributed by atoms with van der Waals surface area (Å²) in [5.41, 5.74) is 0.729. The molecule has 1 rings (SSSR count). The number of alkyl halides is 3. The smallest absolute Gasteiger partial charge is 0.313 e. The largest absolute Gasteiger partial charge is 0.389 e. The van der Waals surface area contributed by atoms with Crippen molar-refractivity contribution in [3.63, 3.8) is 0 Å². The molecule has 0 aliphatic rings. The van der Waals surface area contributed by atoms with Crippen LogP contribution in [0, 0.1) is 5.82 Å². The normalized spacial score (nSPS) is 11.8. The Labute approximate surface area is 91.5 Å². The SMILES string of the molecule is Fc1cccc(CNCCCC(F)(F)F)c1. The van der Waals surface area contributed by atoms with Crippen molar-refractivity contribution in [3.8, 4) is 0 Å². The van der Waals surface area contributed by atoms with Gasteiger partial charge >= 0.3 is 6.18 Å². The Morgan fingerprint density at radius 2 is 1.94 bits per heavy atom.